The Morgan fingerprint density at radius 3 is 2.52 bits per heavy atom. The van der Waals surface area contributed by atoms with Crippen LogP contribution in [0, 0.1) is 13.8 Å². The highest BCUT2D eigenvalue weighted by Crippen LogP contribution is 2.19. The highest BCUT2D eigenvalue weighted by molar-refractivity contribution is 7.18. The van der Waals surface area contributed by atoms with Crippen molar-refractivity contribution in [3.63, 3.8) is 0 Å². The number of anilines is 1. The van der Waals surface area contributed by atoms with Crippen LogP contribution in [-0.2, 0) is 6.54 Å². The summed E-state index contributed by atoms with van der Waals surface area (Å²) in [4.78, 5) is 0. The summed E-state index contributed by atoms with van der Waals surface area (Å²) < 4.78 is 3.78. The van der Waals surface area contributed by atoms with Crippen molar-refractivity contribution >= 4 is 27.2 Å². The number of nitrogens with one attached hydrogen (secondary N) is 2. The van der Waals surface area contributed by atoms with Gasteiger partial charge in [0.15, 0.2) is 6.54 Å². The van der Waals surface area contributed by atoms with E-state index in [0.29, 0.717) is 0 Å². The molecule has 1 aromatic heterocycles. The van der Waals surface area contributed by atoms with E-state index >= 15 is 0 Å². The zero-order chi connectivity index (χ0) is 15.4. The first kappa shape index (κ1) is 17.9. The molecule has 0 spiro atoms. The lowest BCUT2D eigenvalue weighted by atomic mass is 10.2. The number of para-hydroxylation sites is 1. The number of fused-ring (bicyclic) bond motifs is 1. The molecule has 0 atom stereocenters. The normalized spacial score (nSPS) is 10.5. The number of hydrogen-bond acceptors (Lipinski definition) is 3. The molecule has 0 unspecified atom stereocenters. The van der Waals surface area contributed by atoms with E-state index in [9.17, 15) is 0 Å². The second kappa shape index (κ2) is 8.43. The molecule has 0 bridgehead atoms. The Morgan fingerprint density at radius 2 is 1.74 bits per heavy atom. The number of halogens is 1. The average molecular weight is 392 g/mol. The zero-order valence-corrected chi connectivity index (χ0v) is 15.9. The van der Waals surface area contributed by atoms with Gasteiger partial charge in [0.25, 0.3) is 0 Å². The monoisotopic (exact) mass is 391 g/mol. The molecule has 23 heavy (non-hydrogen) atoms. The van der Waals surface area contributed by atoms with E-state index in [1.165, 1.54) is 20.8 Å². The number of rotatable bonds is 6. The van der Waals surface area contributed by atoms with Crippen LogP contribution in [0.25, 0.3) is 10.2 Å². The van der Waals surface area contributed by atoms with E-state index in [4.69, 9.17) is 0 Å². The van der Waals surface area contributed by atoms with Crippen LogP contribution in [0.3, 0.4) is 0 Å². The van der Waals surface area contributed by atoms with Gasteiger partial charge in [0.2, 0.25) is 10.5 Å². The van der Waals surface area contributed by atoms with Crippen molar-refractivity contribution in [3.8, 4) is 0 Å². The lowest BCUT2D eigenvalue weighted by Gasteiger charge is -2.07. The van der Waals surface area contributed by atoms with Gasteiger partial charge in [-0.15, -0.1) is 0 Å². The maximum absolute atomic E-state index is 3.29. The second-order valence-electron chi connectivity index (χ2n) is 5.51. The molecule has 0 saturated carbocycles. The van der Waals surface area contributed by atoms with Crippen LogP contribution in [0.2, 0.25) is 0 Å². The predicted molar refractivity (Wildman–Crippen MR) is 94.2 cm³/mol. The summed E-state index contributed by atoms with van der Waals surface area (Å²) in [6, 6.07) is 17.0. The molecule has 0 aliphatic rings. The van der Waals surface area contributed by atoms with Crippen molar-refractivity contribution in [1.82, 2.24) is 5.43 Å². The summed E-state index contributed by atoms with van der Waals surface area (Å²) in [5.74, 6) is 0. The molecule has 0 aliphatic carbocycles. The number of hydrazine groups is 1. The molecule has 0 aliphatic heterocycles. The minimum Gasteiger partial charge on any atom is -1.00 e. The number of benzene rings is 2. The minimum absolute atomic E-state index is 0. The molecule has 2 aromatic carbocycles. The number of aryl methyl sites for hydroxylation is 3. The Labute approximate surface area is 152 Å². The maximum Gasteiger partial charge on any atom is 0.235 e. The second-order valence-corrected chi connectivity index (χ2v) is 6.75. The molecule has 5 heteroatoms. The van der Waals surface area contributed by atoms with Crippen LogP contribution in [-0.4, -0.2) is 6.54 Å². The van der Waals surface area contributed by atoms with E-state index in [2.05, 4.69) is 77.8 Å². The Balaban J connectivity index is 0.00000192. The zero-order valence-electron chi connectivity index (χ0n) is 13.5. The largest absolute Gasteiger partial charge is 1.00 e. The smallest absolute Gasteiger partial charge is 0.235 e. The third-order valence-electron chi connectivity index (χ3n) is 3.76. The summed E-state index contributed by atoms with van der Waals surface area (Å²) in [5.41, 5.74) is 10.3. The minimum atomic E-state index is 0. The highest BCUT2D eigenvalue weighted by atomic mass is 79.9. The van der Waals surface area contributed by atoms with Crippen LogP contribution < -0.4 is 32.4 Å². The number of aromatic nitrogens is 1. The first-order valence-corrected chi connectivity index (χ1v) is 8.49. The van der Waals surface area contributed by atoms with Gasteiger partial charge in [-0.3, -0.25) is 0 Å². The van der Waals surface area contributed by atoms with Gasteiger partial charge in [0.1, 0.15) is 4.70 Å². The third-order valence-corrected chi connectivity index (χ3v) is 4.84. The third kappa shape index (κ3) is 4.53. The van der Waals surface area contributed by atoms with Crippen molar-refractivity contribution in [2.24, 2.45) is 0 Å². The molecule has 0 amide bonds. The molecule has 0 saturated heterocycles. The first-order valence-electron chi connectivity index (χ1n) is 7.67. The summed E-state index contributed by atoms with van der Waals surface area (Å²) >= 11 is 1.87. The molecule has 3 rings (SSSR count). The molecule has 122 valence electrons. The van der Waals surface area contributed by atoms with Crippen molar-refractivity contribution in [1.29, 1.82) is 0 Å². The van der Waals surface area contributed by atoms with E-state index in [1.54, 1.807) is 0 Å². The van der Waals surface area contributed by atoms with E-state index in [-0.39, 0.29) is 17.0 Å². The average Bonchev–Trinajstić information content (AvgIpc) is 2.85. The van der Waals surface area contributed by atoms with Crippen LogP contribution in [0.5, 0.6) is 0 Å². The molecule has 0 fully saturated rings. The lowest BCUT2D eigenvalue weighted by Crippen LogP contribution is -3.00. The quantitative estimate of drug-likeness (QED) is 0.369. The molecule has 3 aromatic rings. The van der Waals surface area contributed by atoms with Gasteiger partial charge in [-0.05, 0) is 25.1 Å². The summed E-state index contributed by atoms with van der Waals surface area (Å²) in [6.07, 6.45) is 1.09. The van der Waals surface area contributed by atoms with E-state index < -0.39 is 0 Å². The summed E-state index contributed by atoms with van der Waals surface area (Å²) in [5, 5.41) is 1.37. The van der Waals surface area contributed by atoms with Gasteiger partial charge >= 0.3 is 0 Å². The Morgan fingerprint density at radius 1 is 1.00 bits per heavy atom. The van der Waals surface area contributed by atoms with Gasteiger partial charge in [-0.25, -0.2) is 5.43 Å². The van der Waals surface area contributed by atoms with Gasteiger partial charge in [0, 0.05) is 31.6 Å². The fourth-order valence-electron chi connectivity index (χ4n) is 2.56. The Bertz CT molecular complexity index is 753. The topological polar surface area (TPSA) is 27.9 Å². The van der Waals surface area contributed by atoms with Crippen LogP contribution in [0.15, 0.2) is 48.5 Å². The standard InChI is InChI=1S/C18H22N3S.BrH/c1-14-8-10-16(11-9-14)20-19-12-5-13-21-15(2)22-18-7-4-3-6-17(18)21;/h3-4,6-11,19-20H,5,12-13H2,1-2H3;1H/q+1;/p-1. The molecule has 2 N–H and O–H groups in total. The number of thiazole rings is 1. The van der Waals surface area contributed by atoms with E-state index in [1.807, 2.05) is 11.3 Å². The van der Waals surface area contributed by atoms with Gasteiger partial charge in [-0.2, -0.15) is 4.57 Å². The molecule has 3 nitrogen and oxygen atoms in total. The van der Waals surface area contributed by atoms with Gasteiger partial charge in [-0.1, -0.05) is 41.2 Å². The SMILES string of the molecule is Cc1ccc(NNCCC[n+]2c(C)sc3ccccc32)cc1.[Br-]. The molecule has 1 heterocycles. The fraction of sp³-hybridized carbons (Fsp3) is 0.278. The Hall–Kier alpha value is -1.43. The van der Waals surface area contributed by atoms with Crippen molar-refractivity contribution in [3.05, 3.63) is 59.1 Å². The van der Waals surface area contributed by atoms with Crippen LogP contribution in [0.1, 0.15) is 17.0 Å². The highest BCUT2D eigenvalue weighted by Gasteiger charge is 2.15. The Kier molecular flexibility index (Phi) is 6.57. The maximum atomic E-state index is 3.29. The lowest BCUT2D eigenvalue weighted by molar-refractivity contribution is -0.673. The summed E-state index contributed by atoms with van der Waals surface area (Å²) in [6.45, 7) is 6.27. The van der Waals surface area contributed by atoms with Crippen molar-refractivity contribution in [2.45, 2.75) is 26.8 Å². The van der Waals surface area contributed by atoms with E-state index in [0.717, 1.165) is 25.2 Å². The van der Waals surface area contributed by atoms with Crippen LogP contribution in [0.4, 0.5) is 5.69 Å². The number of hydrogen-bond donors (Lipinski definition) is 2. The van der Waals surface area contributed by atoms with Gasteiger partial charge < -0.3 is 22.4 Å². The van der Waals surface area contributed by atoms with Crippen LogP contribution >= 0.6 is 11.3 Å². The van der Waals surface area contributed by atoms with Crippen molar-refractivity contribution < 1.29 is 21.5 Å². The molecular formula is C18H22BrN3S. The molecular weight excluding hydrogens is 370 g/mol. The summed E-state index contributed by atoms with van der Waals surface area (Å²) in [7, 11) is 0. The van der Waals surface area contributed by atoms with Crippen molar-refractivity contribution in [2.75, 3.05) is 12.0 Å². The molecule has 0 radical (unpaired) electrons. The predicted octanol–water partition coefficient (Wildman–Crippen LogP) is 0.816. The number of nitrogens with zero attached hydrogens (tertiary/aromatic N) is 1. The van der Waals surface area contributed by atoms with Gasteiger partial charge in [0.05, 0.1) is 0 Å². The first-order chi connectivity index (χ1) is 10.7. The fourth-order valence-corrected chi connectivity index (χ4v) is 3.60.